The molecule has 2 N–H and O–H groups in total. The summed E-state index contributed by atoms with van der Waals surface area (Å²) in [6.45, 7) is 2.24. The molecule has 0 bridgehead atoms. The Bertz CT molecular complexity index is 423. The van der Waals surface area contributed by atoms with Gasteiger partial charge in [0.25, 0.3) is 0 Å². The van der Waals surface area contributed by atoms with Gasteiger partial charge in [0.1, 0.15) is 5.75 Å². The van der Waals surface area contributed by atoms with Gasteiger partial charge in [-0.25, -0.2) is 0 Å². The molecule has 120 valence electrons. The summed E-state index contributed by atoms with van der Waals surface area (Å²) < 4.78 is 5.15. The van der Waals surface area contributed by atoms with Crippen molar-refractivity contribution in [2.75, 3.05) is 7.11 Å². The number of ether oxygens (including phenoxy) is 1. The van der Waals surface area contributed by atoms with E-state index in [0.717, 1.165) is 18.4 Å². The van der Waals surface area contributed by atoms with Gasteiger partial charge in [0, 0.05) is 17.1 Å². The highest BCUT2D eigenvalue weighted by Crippen LogP contribution is 2.34. The summed E-state index contributed by atoms with van der Waals surface area (Å²) in [6, 6.07) is 3.51. The second-order valence-electron chi connectivity index (χ2n) is 5.52. The van der Waals surface area contributed by atoms with E-state index >= 15 is 0 Å². The van der Waals surface area contributed by atoms with Crippen LogP contribution in [0.25, 0.3) is 0 Å². The fraction of sp³-hybridized carbons (Fsp3) is 0.647. The van der Waals surface area contributed by atoms with E-state index in [1.165, 1.54) is 38.5 Å². The first-order valence-electron chi connectivity index (χ1n) is 7.88. The van der Waals surface area contributed by atoms with Crippen LogP contribution in [0, 0.1) is 0 Å². The van der Waals surface area contributed by atoms with Crippen LogP contribution in [0.4, 0.5) is 0 Å². The Kier molecular flexibility index (Phi) is 9.14. The van der Waals surface area contributed by atoms with Gasteiger partial charge >= 0.3 is 0 Å². The molecule has 0 heterocycles. The molecule has 1 unspecified atom stereocenters. The Morgan fingerprint density at radius 2 is 1.62 bits per heavy atom. The van der Waals surface area contributed by atoms with Gasteiger partial charge in [0.15, 0.2) is 0 Å². The van der Waals surface area contributed by atoms with Crippen LogP contribution in [0.2, 0.25) is 10.0 Å². The maximum absolute atomic E-state index is 6.25. The fourth-order valence-electron chi connectivity index (χ4n) is 2.46. The van der Waals surface area contributed by atoms with Crippen LogP contribution in [0.15, 0.2) is 12.1 Å². The van der Waals surface area contributed by atoms with Gasteiger partial charge in [-0.15, -0.1) is 0 Å². The predicted octanol–water partition coefficient (Wildman–Crippen LogP) is 6.14. The normalized spacial score (nSPS) is 12.4. The Balaban J connectivity index is 2.38. The summed E-state index contributed by atoms with van der Waals surface area (Å²) >= 11 is 12.4. The van der Waals surface area contributed by atoms with Crippen molar-refractivity contribution >= 4 is 23.2 Å². The number of rotatable bonds is 10. The minimum Gasteiger partial charge on any atom is -0.495 e. The van der Waals surface area contributed by atoms with Gasteiger partial charge in [0.2, 0.25) is 0 Å². The molecule has 0 aliphatic heterocycles. The first kappa shape index (κ1) is 18.6. The fourth-order valence-corrected chi connectivity index (χ4v) is 3.00. The Morgan fingerprint density at radius 3 is 2.24 bits per heavy atom. The van der Waals surface area contributed by atoms with Crippen molar-refractivity contribution in [2.45, 2.75) is 64.3 Å². The van der Waals surface area contributed by atoms with Crippen LogP contribution in [0.3, 0.4) is 0 Å². The Morgan fingerprint density at radius 1 is 1.00 bits per heavy atom. The summed E-state index contributed by atoms with van der Waals surface area (Å²) in [5.41, 5.74) is 7.15. The molecule has 1 aromatic rings. The molecule has 0 aromatic heterocycles. The minimum atomic E-state index is -0.0588. The SMILES string of the molecule is CCCCCCCCCC(N)c1cc(Cl)c(OC)cc1Cl. The molecule has 2 nitrogen and oxygen atoms in total. The number of unbranched alkanes of at least 4 members (excludes halogenated alkanes) is 6. The standard InChI is InChI=1S/C17H27Cl2NO/c1-3-4-5-6-7-8-9-10-16(20)13-11-15(19)17(21-2)12-14(13)18/h11-12,16H,3-10,20H2,1-2H3. The highest BCUT2D eigenvalue weighted by molar-refractivity contribution is 6.34. The van der Waals surface area contributed by atoms with Gasteiger partial charge in [-0.05, 0) is 18.1 Å². The largest absolute Gasteiger partial charge is 0.495 e. The van der Waals surface area contributed by atoms with Gasteiger partial charge in [0.05, 0.1) is 12.1 Å². The molecule has 0 saturated carbocycles. The van der Waals surface area contributed by atoms with Crippen LogP contribution < -0.4 is 10.5 Å². The van der Waals surface area contributed by atoms with Gasteiger partial charge in [-0.1, -0.05) is 75.1 Å². The van der Waals surface area contributed by atoms with E-state index in [4.69, 9.17) is 33.7 Å². The van der Waals surface area contributed by atoms with Crippen LogP contribution in [-0.2, 0) is 0 Å². The van der Waals surface area contributed by atoms with Crippen molar-refractivity contribution in [2.24, 2.45) is 5.73 Å². The number of nitrogens with two attached hydrogens (primary N) is 1. The van der Waals surface area contributed by atoms with Crippen molar-refractivity contribution in [3.05, 3.63) is 27.7 Å². The van der Waals surface area contributed by atoms with E-state index in [9.17, 15) is 0 Å². The quantitative estimate of drug-likeness (QED) is 0.522. The molecule has 4 heteroatoms. The van der Waals surface area contributed by atoms with Crippen molar-refractivity contribution in [1.82, 2.24) is 0 Å². The van der Waals surface area contributed by atoms with Crippen molar-refractivity contribution in [1.29, 1.82) is 0 Å². The van der Waals surface area contributed by atoms with E-state index in [1.807, 2.05) is 6.07 Å². The van der Waals surface area contributed by atoms with E-state index in [1.54, 1.807) is 13.2 Å². The first-order valence-corrected chi connectivity index (χ1v) is 8.64. The molecule has 21 heavy (non-hydrogen) atoms. The lowest BCUT2D eigenvalue weighted by Crippen LogP contribution is -2.11. The average molecular weight is 332 g/mol. The van der Waals surface area contributed by atoms with Crippen molar-refractivity contribution in [3.63, 3.8) is 0 Å². The molecule has 1 atom stereocenters. The van der Waals surface area contributed by atoms with Crippen molar-refractivity contribution < 1.29 is 4.74 Å². The monoisotopic (exact) mass is 331 g/mol. The summed E-state index contributed by atoms with van der Waals surface area (Å²) in [7, 11) is 1.58. The van der Waals surface area contributed by atoms with Gasteiger partial charge in [-0.3, -0.25) is 0 Å². The summed E-state index contributed by atoms with van der Waals surface area (Å²) in [5, 5.41) is 1.19. The third-order valence-electron chi connectivity index (χ3n) is 3.79. The zero-order valence-corrected chi connectivity index (χ0v) is 14.6. The van der Waals surface area contributed by atoms with E-state index < -0.39 is 0 Å². The molecule has 0 amide bonds. The van der Waals surface area contributed by atoms with E-state index in [-0.39, 0.29) is 6.04 Å². The molecular formula is C17H27Cl2NO. The van der Waals surface area contributed by atoms with Crippen LogP contribution in [0.1, 0.15) is 69.9 Å². The van der Waals surface area contributed by atoms with E-state index in [2.05, 4.69) is 6.92 Å². The number of halogens is 2. The molecule has 0 saturated heterocycles. The topological polar surface area (TPSA) is 35.2 Å². The molecule has 0 radical (unpaired) electrons. The second-order valence-corrected chi connectivity index (χ2v) is 6.34. The number of methoxy groups -OCH3 is 1. The molecule has 0 fully saturated rings. The van der Waals surface area contributed by atoms with Gasteiger partial charge in [-0.2, -0.15) is 0 Å². The number of benzene rings is 1. The smallest absolute Gasteiger partial charge is 0.138 e. The van der Waals surface area contributed by atoms with Gasteiger partial charge < -0.3 is 10.5 Å². The summed E-state index contributed by atoms with van der Waals surface area (Å²) in [5.74, 6) is 0.591. The third kappa shape index (κ3) is 6.46. The van der Waals surface area contributed by atoms with Crippen LogP contribution in [0.5, 0.6) is 5.75 Å². The minimum absolute atomic E-state index is 0.0588. The summed E-state index contributed by atoms with van der Waals surface area (Å²) in [4.78, 5) is 0. The zero-order chi connectivity index (χ0) is 15.7. The maximum Gasteiger partial charge on any atom is 0.138 e. The van der Waals surface area contributed by atoms with Crippen LogP contribution >= 0.6 is 23.2 Å². The Hall–Kier alpha value is -0.440. The molecule has 0 aliphatic carbocycles. The van der Waals surface area contributed by atoms with E-state index in [0.29, 0.717) is 15.8 Å². The molecule has 1 rings (SSSR count). The lowest BCUT2D eigenvalue weighted by atomic mass is 10.00. The maximum atomic E-state index is 6.25. The second kappa shape index (κ2) is 10.3. The Labute approximate surface area is 139 Å². The molecular weight excluding hydrogens is 305 g/mol. The first-order chi connectivity index (χ1) is 10.1. The lowest BCUT2D eigenvalue weighted by Gasteiger charge is -2.15. The highest BCUT2D eigenvalue weighted by atomic mass is 35.5. The summed E-state index contributed by atoms with van der Waals surface area (Å²) in [6.07, 6.45) is 9.92. The third-order valence-corrected chi connectivity index (χ3v) is 4.41. The molecule has 0 aliphatic rings. The zero-order valence-electron chi connectivity index (χ0n) is 13.1. The lowest BCUT2D eigenvalue weighted by molar-refractivity contribution is 0.414. The number of hydrogen-bond donors (Lipinski definition) is 1. The molecule has 0 spiro atoms. The molecule has 1 aromatic carbocycles. The average Bonchev–Trinajstić information content (AvgIpc) is 2.48. The number of hydrogen-bond acceptors (Lipinski definition) is 2. The predicted molar refractivity (Wildman–Crippen MR) is 92.6 cm³/mol. The van der Waals surface area contributed by atoms with Crippen molar-refractivity contribution in [3.8, 4) is 5.75 Å². The highest BCUT2D eigenvalue weighted by Gasteiger charge is 2.13. The van der Waals surface area contributed by atoms with Crippen LogP contribution in [-0.4, -0.2) is 7.11 Å².